The maximum absolute atomic E-state index is 12.8. The molecule has 15 heavy (non-hydrogen) atoms. The lowest BCUT2D eigenvalue weighted by molar-refractivity contribution is 0.0888. The van der Waals surface area contributed by atoms with Gasteiger partial charge in [-0.3, -0.25) is 0 Å². The van der Waals surface area contributed by atoms with E-state index in [0.29, 0.717) is 0 Å². The van der Waals surface area contributed by atoms with Crippen molar-refractivity contribution in [3.63, 3.8) is 0 Å². The van der Waals surface area contributed by atoms with Gasteiger partial charge in [-0.25, -0.2) is 17.6 Å². The summed E-state index contributed by atoms with van der Waals surface area (Å²) in [6.45, 7) is 0. The topological polar surface area (TPSA) is 0 Å². The van der Waals surface area contributed by atoms with Crippen LogP contribution in [0.1, 0.15) is 5.56 Å². The van der Waals surface area contributed by atoms with Gasteiger partial charge in [-0.15, -0.1) is 0 Å². The van der Waals surface area contributed by atoms with Crippen LogP contribution in [0, 0.1) is 23.3 Å². The minimum absolute atomic E-state index is 1.59. The van der Waals surface area contributed by atoms with Crippen molar-refractivity contribution < 1.29 is 26.3 Å². The first-order chi connectivity index (χ1) is 6.68. The Balaban J connectivity index is 3.68. The van der Waals surface area contributed by atoms with Crippen LogP contribution in [0.15, 0.2) is 0 Å². The summed E-state index contributed by atoms with van der Waals surface area (Å²) in [6, 6.07) is 0. The van der Waals surface area contributed by atoms with Crippen molar-refractivity contribution >= 4 is 23.2 Å². The Morgan fingerprint density at radius 3 is 1.60 bits per heavy atom. The largest absolute Gasteiger partial charge is 0.352 e. The van der Waals surface area contributed by atoms with Gasteiger partial charge in [0.15, 0.2) is 23.3 Å². The molecule has 0 aromatic heterocycles. The molecule has 0 amide bonds. The Labute approximate surface area is 89.4 Å². The van der Waals surface area contributed by atoms with Crippen LogP contribution in [-0.4, -0.2) is 0 Å². The molecular formula is C7Cl2F6. The highest BCUT2D eigenvalue weighted by Gasteiger charge is 2.39. The van der Waals surface area contributed by atoms with Gasteiger partial charge >= 0.3 is 5.38 Å². The molecule has 0 aliphatic carbocycles. The third kappa shape index (κ3) is 2.01. The zero-order valence-electron chi connectivity index (χ0n) is 6.52. The van der Waals surface area contributed by atoms with E-state index in [1.807, 2.05) is 0 Å². The smallest absolute Gasteiger partial charge is 0.203 e. The Morgan fingerprint density at radius 2 is 1.20 bits per heavy atom. The van der Waals surface area contributed by atoms with Gasteiger partial charge in [0.2, 0.25) is 0 Å². The van der Waals surface area contributed by atoms with Crippen molar-refractivity contribution in [1.82, 2.24) is 0 Å². The molecule has 1 rings (SSSR count). The van der Waals surface area contributed by atoms with Crippen LogP contribution in [-0.2, 0) is 5.38 Å². The zero-order chi connectivity index (χ0) is 12.0. The summed E-state index contributed by atoms with van der Waals surface area (Å²) in [4.78, 5) is 0. The van der Waals surface area contributed by atoms with Crippen LogP contribution < -0.4 is 0 Å². The lowest BCUT2D eigenvalue weighted by atomic mass is 10.2. The second kappa shape index (κ2) is 3.75. The fourth-order valence-electron chi connectivity index (χ4n) is 0.854. The zero-order valence-corrected chi connectivity index (χ0v) is 8.04. The molecule has 0 unspecified atom stereocenters. The summed E-state index contributed by atoms with van der Waals surface area (Å²) in [5.74, 6) is -9.11. The minimum atomic E-state index is -4.43. The second-order valence-electron chi connectivity index (χ2n) is 2.44. The first kappa shape index (κ1) is 12.4. The fraction of sp³-hybridized carbons (Fsp3) is 0.143. The van der Waals surface area contributed by atoms with Crippen molar-refractivity contribution in [2.45, 2.75) is 5.38 Å². The molecule has 0 bridgehead atoms. The van der Waals surface area contributed by atoms with Crippen molar-refractivity contribution in [1.29, 1.82) is 0 Å². The van der Waals surface area contributed by atoms with E-state index in [1.165, 1.54) is 0 Å². The van der Waals surface area contributed by atoms with E-state index in [4.69, 9.17) is 11.6 Å². The molecule has 84 valence electrons. The van der Waals surface area contributed by atoms with E-state index < -0.39 is 39.2 Å². The predicted octanol–water partition coefficient (Wildman–Crippen LogP) is 4.18. The van der Waals surface area contributed by atoms with Gasteiger partial charge in [0.1, 0.15) is 0 Å². The van der Waals surface area contributed by atoms with Gasteiger partial charge in [-0.05, 0) is 11.6 Å². The Hall–Kier alpha value is -0.620. The Morgan fingerprint density at radius 1 is 0.800 bits per heavy atom. The van der Waals surface area contributed by atoms with Gasteiger partial charge in [0.25, 0.3) is 0 Å². The fourth-order valence-corrected chi connectivity index (χ4v) is 1.36. The lowest BCUT2D eigenvalue weighted by Crippen LogP contribution is -2.13. The van der Waals surface area contributed by atoms with Crippen LogP contribution >= 0.6 is 23.2 Å². The molecule has 8 heteroatoms. The molecular weight excluding hydrogens is 269 g/mol. The molecule has 0 N–H and O–H groups in total. The molecule has 0 heterocycles. The van der Waals surface area contributed by atoms with Crippen molar-refractivity contribution in [3.05, 3.63) is 33.9 Å². The molecule has 0 spiro atoms. The number of hydrogen-bond donors (Lipinski definition) is 0. The van der Waals surface area contributed by atoms with Crippen molar-refractivity contribution in [2.75, 3.05) is 0 Å². The van der Waals surface area contributed by atoms with Gasteiger partial charge in [0.05, 0.1) is 10.6 Å². The summed E-state index contributed by atoms with van der Waals surface area (Å²) < 4.78 is 75.3. The molecule has 0 aliphatic heterocycles. The average molecular weight is 269 g/mol. The number of hydrogen-bond acceptors (Lipinski definition) is 0. The van der Waals surface area contributed by atoms with E-state index in [0.717, 1.165) is 0 Å². The van der Waals surface area contributed by atoms with E-state index in [1.54, 1.807) is 0 Å². The summed E-state index contributed by atoms with van der Waals surface area (Å²) in [7, 11) is 0. The monoisotopic (exact) mass is 268 g/mol. The first-order valence-electron chi connectivity index (χ1n) is 3.26. The molecule has 0 nitrogen and oxygen atoms in total. The third-order valence-electron chi connectivity index (χ3n) is 1.49. The van der Waals surface area contributed by atoms with Crippen LogP contribution in [0.3, 0.4) is 0 Å². The maximum Gasteiger partial charge on any atom is 0.352 e. The standard InChI is InChI=1S/C7Cl2F6/c8-2-1(7(9,14)15)3(10)5(12)6(13)4(2)11. The summed E-state index contributed by atoms with van der Waals surface area (Å²) >= 11 is 9.23. The molecule has 0 saturated carbocycles. The number of alkyl halides is 3. The normalized spacial score (nSPS) is 12.0. The lowest BCUT2D eigenvalue weighted by Gasteiger charge is -2.12. The van der Waals surface area contributed by atoms with E-state index in [-0.39, 0.29) is 0 Å². The molecule has 0 fully saturated rings. The minimum Gasteiger partial charge on any atom is -0.203 e. The van der Waals surface area contributed by atoms with Gasteiger partial charge in [-0.2, -0.15) is 8.78 Å². The Bertz CT molecular complexity index is 382. The quantitative estimate of drug-likeness (QED) is 0.310. The summed E-state index contributed by atoms with van der Waals surface area (Å²) in [5, 5.41) is -6.03. The summed E-state index contributed by atoms with van der Waals surface area (Å²) in [6.07, 6.45) is 0. The van der Waals surface area contributed by atoms with E-state index in [9.17, 15) is 26.3 Å². The highest BCUT2D eigenvalue weighted by molar-refractivity contribution is 6.33. The predicted molar refractivity (Wildman–Crippen MR) is 41.0 cm³/mol. The number of halogens is 8. The molecule has 0 aliphatic rings. The number of benzene rings is 1. The maximum atomic E-state index is 12.8. The van der Waals surface area contributed by atoms with E-state index >= 15 is 0 Å². The molecule has 1 aromatic rings. The van der Waals surface area contributed by atoms with Crippen LogP contribution in [0.2, 0.25) is 5.02 Å². The van der Waals surface area contributed by atoms with Crippen molar-refractivity contribution in [2.24, 2.45) is 0 Å². The Kier molecular flexibility index (Phi) is 3.11. The molecule has 0 radical (unpaired) electrons. The third-order valence-corrected chi connectivity index (χ3v) is 2.04. The average Bonchev–Trinajstić information content (AvgIpc) is 2.09. The summed E-state index contributed by atoms with van der Waals surface area (Å²) in [5.41, 5.74) is -1.93. The molecule has 0 atom stereocenters. The second-order valence-corrected chi connectivity index (χ2v) is 3.30. The van der Waals surface area contributed by atoms with Gasteiger partial charge in [0, 0.05) is 0 Å². The molecule has 1 aromatic carbocycles. The highest BCUT2D eigenvalue weighted by atomic mass is 35.5. The van der Waals surface area contributed by atoms with Crippen LogP contribution in [0.4, 0.5) is 26.3 Å². The van der Waals surface area contributed by atoms with Crippen LogP contribution in [0.5, 0.6) is 0 Å². The first-order valence-corrected chi connectivity index (χ1v) is 4.02. The SMILES string of the molecule is Fc1c(F)c(F)c(C(F)(F)Cl)c(Cl)c1F. The van der Waals surface area contributed by atoms with Gasteiger partial charge < -0.3 is 0 Å². The number of rotatable bonds is 1. The van der Waals surface area contributed by atoms with E-state index in [2.05, 4.69) is 11.6 Å². The van der Waals surface area contributed by atoms with Crippen molar-refractivity contribution in [3.8, 4) is 0 Å². The molecule has 0 saturated heterocycles. The van der Waals surface area contributed by atoms with Gasteiger partial charge in [-0.1, -0.05) is 11.6 Å². The highest BCUT2D eigenvalue weighted by Crippen LogP contribution is 2.41. The van der Waals surface area contributed by atoms with Crippen LogP contribution in [0.25, 0.3) is 0 Å².